The predicted octanol–water partition coefficient (Wildman–Crippen LogP) is 1.92. The maximum absolute atomic E-state index is 11.7. The summed E-state index contributed by atoms with van der Waals surface area (Å²) < 4.78 is 5.03. The molecule has 1 saturated heterocycles. The molecule has 2 rings (SSSR count). The van der Waals surface area contributed by atoms with Crippen LogP contribution in [0.4, 0.5) is 11.4 Å². The first-order valence-electron chi connectivity index (χ1n) is 5.33. The van der Waals surface area contributed by atoms with E-state index < -0.39 is 4.92 Å². The van der Waals surface area contributed by atoms with Crippen LogP contribution in [0.1, 0.15) is 5.56 Å². The Balaban J connectivity index is 2.42. The van der Waals surface area contributed by atoms with E-state index in [1.807, 2.05) is 0 Å². The number of nitro benzene ring substituents is 1. The van der Waals surface area contributed by atoms with Crippen molar-refractivity contribution >= 4 is 28.9 Å². The van der Waals surface area contributed by atoms with Crippen LogP contribution in [-0.2, 0) is 9.53 Å². The molecule has 0 aliphatic carbocycles. The number of halogens is 1. The summed E-state index contributed by atoms with van der Waals surface area (Å²) in [6.45, 7) is 2.60. The van der Waals surface area contributed by atoms with E-state index in [4.69, 9.17) is 16.3 Å². The lowest BCUT2D eigenvalue weighted by Crippen LogP contribution is -2.42. The fourth-order valence-corrected chi connectivity index (χ4v) is 2.09. The normalized spacial score (nSPS) is 15.9. The van der Waals surface area contributed by atoms with Crippen molar-refractivity contribution in [2.45, 2.75) is 6.92 Å². The van der Waals surface area contributed by atoms with Gasteiger partial charge in [-0.3, -0.25) is 14.9 Å². The number of rotatable bonds is 2. The minimum Gasteiger partial charge on any atom is -0.370 e. The van der Waals surface area contributed by atoms with Gasteiger partial charge in [0.25, 0.3) is 11.6 Å². The van der Waals surface area contributed by atoms with Crippen LogP contribution in [0.15, 0.2) is 12.1 Å². The molecule has 0 radical (unpaired) electrons. The number of morpholine rings is 1. The molecular formula is C11H11ClN2O4. The number of ether oxygens (including phenoxy) is 1. The molecule has 7 heteroatoms. The van der Waals surface area contributed by atoms with Crippen LogP contribution < -0.4 is 4.90 Å². The van der Waals surface area contributed by atoms with E-state index in [1.54, 1.807) is 6.92 Å². The van der Waals surface area contributed by atoms with Crippen molar-refractivity contribution in [3.05, 3.63) is 32.8 Å². The van der Waals surface area contributed by atoms with Crippen LogP contribution in [0.2, 0.25) is 5.02 Å². The number of hydrogen-bond acceptors (Lipinski definition) is 4. The lowest BCUT2D eigenvalue weighted by Gasteiger charge is -2.28. The van der Waals surface area contributed by atoms with Gasteiger partial charge in [-0.1, -0.05) is 11.6 Å². The third-order valence-electron chi connectivity index (χ3n) is 2.74. The Kier molecular flexibility index (Phi) is 3.49. The molecule has 1 aromatic carbocycles. The Morgan fingerprint density at radius 3 is 2.83 bits per heavy atom. The first-order valence-corrected chi connectivity index (χ1v) is 5.71. The first-order chi connectivity index (χ1) is 8.50. The topological polar surface area (TPSA) is 72.7 Å². The molecule has 0 unspecified atom stereocenters. The lowest BCUT2D eigenvalue weighted by molar-refractivity contribution is -0.384. The summed E-state index contributed by atoms with van der Waals surface area (Å²) in [6.07, 6.45) is 0. The zero-order valence-electron chi connectivity index (χ0n) is 9.68. The highest BCUT2D eigenvalue weighted by Gasteiger charge is 2.24. The molecule has 0 aromatic heterocycles. The molecule has 1 amide bonds. The number of benzene rings is 1. The second-order valence-corrected chi connectivity index (χ2v) is 4.35. The van der Waals surface area contributed by atoms with E-state index in [1.165, 1.54) is 17.0 Å². The fourth-order valence-electron chi connectivity index (χ4n) is 1.86. The highest BCUT2D eigenvalue weighted by molar-refractivity contribution is 6.33. The van der Waals surface area contributed by atoms with Gasteiger partial charge in [0.05, 0.1) is 11.5 Å². The molecule has 1 aliphatic rings. The smallest absolute Gasteiger partial charge is 0.288 e. The second-order valence-electron chi connectivity index (χ2n) is 3.95. The molecule has 0 N–H and O–H groups in total. The van der Waals surface area contributed by atoms with Gasteiger partial charge in [-0.2, -0.15) is 0 Å². The Hall–Kier alpha value is -1.66. The number of carbonyl (C=O) groups excluding carboxylic acids is 1. The maximum atomic E-state index is 11.7. The van der Waals surface area contributed by atoms with Gasteiger partial charge >= 0.3 is 0 Å². The summed E-state index contributed by atoms with van der Waals surface area (Å²) >= 11 is 5.85. The molecule has 1 heterocycles. The second kappa shape index (κ2) is 4.91. The van der Waals surface area contributed by atoms with Gasteiger partial charge in [-0.15, -0.1) is 0 Å². The Morgan fingerprint density at radius 2 is 2.22 bits per heavy atom. The van der Waals surface area contributed by atoms with Crippen LogP contribution in [-0.4, -0.2) is 30.6 Å². The van der Waals surface area contributed by atoms with Crippen molar-refractivity contribution in [3.63, 3.8) is 0 Å². The number of nitrogens with zero attached hydrogens (tertiary/aromatic N) is 2. The summed E-state index contributed by atoms with van der Waals surface area (Å²) in [5.74, 6) is -0.172. The van der Waals surface area contributed by atoms with Crippen LogP contribution in [0.3, 0.4) is 0 Å². The molecule has 6 nitrogen and oxygen atoms in total. The van der Waals surface area contributed by atoms with Crippen molar-refractivity contribution in [2.75, 3.05) is 24.7 Å². The molecule has 0 bridgehead atoms. The van der Waals surface area contributed by atoms with Gasteiger partial charge in [-0.25, -0.2) is 0 Å². The van der Waals surface area contributed by atoms with E-state index in [0.717, 1.165) is 0 Å². The first kappa shape index (κ1) is 12.8. The Bertz CT molecular complexity index is 518. The number of hydrogen-bond donors (Lipinski definition) is 0. The number of aryl methyl sites for hydroxylation is 1. The Morgan fingerprint density at radius 1 is 1.50 bits per heavy atom. The zero-order chi connectivity index (χ0) is 13.3. The maximum Gasteiger partial charge on any atom is 0.288 e. The van der Waals surface area contributed by atoms with Crippen molar-refractivity contribution < 1.29 is 14.5 Å². The summed E-state index contributed by atoms with van der Waals surface area (Å²) in [5.41, 5.74) is 1.08. The van der Waals surface area contributed by atoms with Gasteiger partial charge in [0.2, 0.25) is 0 Å². The molecule has 96 valence electrons. The van der Waals surface area contributed by atoms with Crippen LogP contribution >= 0.6 is 11.6 Å². The molecule has 0 atom stereocenters. The minimum atomic E-state index is -0.541. The molecular weight excluding hydrogens is 260 g/mol. The molecule has 0 saturated carbocycles. The molecule has 1 aliphatic heterocycles. The van der Waals surface area contributed by atoms with E-state index in [9.17, 15) is 14.9 Å². The summed E-state index contributed by atoms with van der Waals surface area (Å²) in [7, 11) is 0. The monoisotopic (exact) mass is 270 g/mol. The van der Waals surface area contributed by atoms with E-state index >= 15 is 0 Å². The Labute approximate surface area is 108 Å². The fraction of sp³-hybridized carbons (Fsp3) is 0.364. The van der Waals surface area contributed by atoms with E-state index in [-0.39, 0.29) is 23.2 Å². The van der Waals surface area contributed by atoms with E-state index in [2.05, 4.69) is 0 Å². The third-order valence-corrected chi connectivity index (χ3v) is 3.04. The number of anilines is 1. The van der Waals surface area contributed by atoms with Crippen LogP contribution in [0.25, 0.3) is 0 Å². The van der Waals surface area contributed by atoms with Crippen LogP contribution in [0.5, 0.6) is 0 Å². The quantitative estimate of drug-likeness (QED) is 0.608. The van der Waals surface area contributed by atoms with Crippen LogP contribution in [0, 0.1) is 17.0 Å². The van der Waals surface area contributed by atoms with Crippen molar-refractivity contribution in [2.24, 2.45) is 0 Å². The van der Waals surface area contributed by atoms with Gasteiger partial charge in [-0.05, 0) is 18.6 Å². The zero-order valence-corrected chi connectivity index (χ0v) is 10.4. The summed E-state index contributed by atoms with van der Waals surface area (Å²) in [6, 6.07) is 2.83. The van der Waals surface area contributed by atoms with Gasteiger partial charge < -0.3 is 9.64 Å². The minimum absolute atomic E-state index is 0.0219. The molecule has 1 aromatic rings. The van der Waals surface area contributed by atoms with Crippen molar-refractivity contribution in [3.8, 4) is 0 Å². The van der Waals surface area contributed by atoms with Gasteiger partial charge in [0.15, 0.2) is 0 Å². The van der Waals surface area contributed by atoms with Gasteiger partial charge in [0, 0.05) is 18.3 Å². The average Bonchev–Trinajstić information content (AvgIpc) is 2.32. The van der Waals surface area contributed by atoms with Crippen molar-refractivity contribution in [1.82, 2.24) is 0 Å². The highest BCUT2D eigenvalue weighted by atomic mass is 35.5. The highest BCUT2D eigenvalue weighted by Crippen LogP contribution is 2.33. The SMILES string of the molecule is Cc1cc([N+](=O)[O-])c(Cl)cc1N1CCOCC1=O. The third kappa shape index (κ3) is 2.30. The largest absolute Gasteiger partial charge is 0.370 e. The number of amides is 1. The van der Waals surface area contributed by atoms with Crippen molar-refractivity contribution in [1.29, 1.82) is 0 Å². The standard InChI is InChI=1S/C11H11ClN2O4/c1-7-4-10(14(16)17)8(12)5-9(7)13-2-3-18-6-11(13)15/h4-5H,2-3,6H2,1H3. The lowest BCUT2D eigenvalue weighted by atomic mass is 10.1. The summed E-state index contributed by atoms with van der Waals surface area (Å²) in [5, 5.41) is 10.8. The molecule has 18 heavy (non-hydrogen) atoms. The number of nitro groups is 1. The van der Waals surface area contributed by atoms with E-state index in [0.29, 0.717) is 24.4 Å². The molecule has 0 spiro atoms. The molecule has 1 fully saturated rings. The van der Waals surface area contributed by atoms with Gasteiger partial charge in [0.1, 0.15) is 11.6 Å². The average molecular weight is 271 g/mol. The number of carbonyl (C=O) groups is 1. The summed E-state index contributed by atoms with van der Waals surface area (Å²) in [4.78, 5) is 23.4. The predicted molar refractivity (Wildman–Crippen MR) is 66.0 cm³/mol.